The summed E-state index contributed by atoms with van der Waals surface area (Å²) in [5, 5.41) is 13.1. The maximum atomic E-state index is 11.7. The third-order valence-corrected chi connectivity index (χ3v) is 3.52. The molecule has 1 aromatic rings. The van der Waals surface area contributed by atoms with Crippen molar-refractivity contribution >= 4 is 5.97 Å². The Bertz CT molecular complexity index is 476. The number of aryl methyl sites for hydroxylation is 1. The molecule has 136 valence electrons. The van der Waals surface area contributed by atoms with Crippen molar-refractivity contribution in [3.05, 3.63) is 29.8 Å². The molecule has 0 fully saturated rings. The Labute approximate surface area is 145 Å². The van der Waals surface area contributed by atoms with E-state index in [4.69, 9.17) is 9.47 Å². The van der Waals surface area contributed by atoms with Gasteiger partial charge in [0, 0.05) is 19.0 Å². The summed E-state index contributed by atoms with van der Waals surface area (Å²) in [6.07, 6.45) is 2.24. The molecule has 0 spiro atoms. The largest absolute Gasteiger partial charge is 0.491 e. The molecular weight excluding hydrogens is 306 g/mol. The second-order valence-corrected chi connectivity index (χ2v) is 6.21. The van der Waals surface area contributed by atoms with Crippen molar-refractivity contribution in [2.75, 3.05) is 19.8 Å². The van der Waals surface area contributed by atoms with E-state index in [1.165, 1.54) is 0 Å². The van der Waals surface area contributed by atoms with E-state index in [-0.39, 0.29) is 12.6 Å². The average molecular weight is 337 g/mol. The fraction of sp³-hybridized carbons (Fsp3) is 0.632. The summed E-state index contributed by atoms with van der Waals surface area (Å²) in [6.45, 7) is 7.32. The molecule has 0 aliphatic rings. The number of ether oxygens (including phenoxy) is 2. The van der Waals surface area contributed by atoms with E-state index < -0.39 is 6.10 Å². The number of carbonyl (C=O) groups is 1. The molecular formula is C19H31NO4. The standard InChI is InChI=1S/C19H31NO4/c1-4-5-12-23-19(22)11-10-16-8-6-7-9-18(16)24-14-17(21)13-20-15(2)3/h6-9,15,17,20-21H,4-5,10-14H2,1-3H3. The zero-order valence-electron chi connectivity index (χ0n) is 15.1. The lowest BCUT2D eigenvalue weighted by Gasteiger charge is -2.16. The average Bonchev–Trinajstić information content (AvgIpc) is 2.57. The Balaban J connectivity index is 2.42. The van der Waals surface area contributed by atoms with E-state index in [1.807, 2.05) is 38.1 Å². The van der Waals surface area contributed by atoms with E-state index in [0.29, 0.717) is 37.8 Å². The highest BCUT2D eigenvalue weighted by Crippen LogP contribution is 2.20. The van der Waals surface area contributed by atoms with Crippen molar-refractivity contribution < 1.29 is 19.4 Å². The molecule has 0 aliphatic carbocycles. The molecule has 1 rings (SSSR count). The number of unbranched alkanes of at least 4 members (excludes halogenated alkanes) is 1. The number of hydrogen-bond donors (Lipinski definition) is 2. The quantitative estimate of drug-likeness (QED) is 0.453. The van der Waals surface area contributed by atoms with Gasteiger partial charge in [-0.15, -0.1) is 0 Å². The first-order chi connectivity index (χ1) is 11.5. The van der Waals surface area contributed by atoms with E-state index in [1.54, 1.807) is 0 Å². The zero-order valence-corrected chi connectivity index (χ0v) is 15.1. The van der Waals surface area contributed by atoms with Crippen LogP contribution in [-0.2, 0) is 16.0 Å². The lowest BCUT2D eigenvalue weighted by Crippen LogP contribution is -2.35. The fourth-order valence-electron chi connectivity index (χ4n) is 2.11. The van der Waals surface area contributed by atoms with Crippen LogP contribution in [0.3, 0.4) is 0 Å². The van der Waals surface area contributed by atoms with E-state index in [2.05, 4.69) is 12.2 Å². The molecule has 2 N–H and O–H groups in total. The number of nitrogens with one attached hydrogen (secondary N) is 1. The number of para-hydroxylation sites is 1. The number of aliphatic hydroxyl groups excluding tert-OH is 1. The summed E-state index contributed by atoms with van der Waals surface area (Å²) >= 11 is 0. The summed E-state index contributed by atoms with van der Waals surface area (Å²) < 4.78 is 10.9. The van der Waals surface area contributed by atoms with E-state index >= 15 is 0 Å². The summed E-state index contributed by atoms with van der Waals surface area (Å²) in [5.74, 6) is 0.530. The van der Waals surface area contributed by atoms with Gasteiger partial charge in [-0.25, -0.2) is 0 Å². The minimum atomic E-state index is -0.570. The summed E-state index contributed by atoms with van der Waals surface area (Å²) in [7, 11) is 0. The smallest absolute Gasteiger partial charge is 0.306 e. The van der Waals surface area contributed by atoms with Gasteiger partial charge in [-0.05, 0) is 24.5 Å². The molecule has 1 unspecified atom stereocenters. The second kappa shape index (κ2) is 11.9. The predicted octanol–water partition coefficient (Wildman–Crippen LogP) is 2.70. The molecule has 0 aliphatic heterocycles. The van der Waals surface area contributed by atoms with Crippen LogP contribution >= 0.6 is 0 Å². The van der Waals surface area contributed by atoms with E-state index in [0.717, 1.165) is 18.4 Å². The Morgan fingerprint density at radius 3 is 2.75 bits per heavy atom. The van der Waals surface area contributed by atoms with Gasteiger partial charge in [-0.3, -0.25) is 4.79 Å². The molecule has 0 amide bonds. The van der Waals surface area contributed by atoms with Crippen molar-refractivity contribution in [3.8, 4) is 5.75 Å². The third-order valence-electron chi connectivity index (χ3n) is 3.52. The van der Waals surface area contributed by atoms with Crippen LogP contribution in [0.25, 0.3) is 0 Å². The predicted molar refractivity (Wildman–Crippen MR) is 95.3 cm³/mol. The van der Waals surface area contributed by atoms with Gasteiger partial charge in [0.25, 0.3) is 0 Å². The van der Waals surface area contributed by atoms with Crippen molar-refractivity contribution in [3.63, 3.8) is 0 Å². The topological polar surface area (TPSA) is 67.8 Å². The number of aliphatic hydroxyl groups is 1. The van der Waals surface area contributed by atoms with Gasteiger partial charge in [0.1, 0.15) is 18.5 Å². The SMILES string of the molecule is CCCCOC(=O)CCc1ccccc1OCC(O)CNC(C)C. The highest BCUT2D eigenvalue weighted by molar-refractivity contribution is 5.69. The van der Waals surface area contributed by atoms with Gasteiger partial charge in [0.2, 0.25) is 0 Å². The Hall–Kier alpha value is -1.59. The lowest BCUT2D eigenvalue weighted by atomic mass is 10.1. The van der Waals surface area contributed by atoms with Crippen LogP contribution in [-0.4, -0.2) is 43.0 Å². The monoisotopic (exact) mass is 337 g/mol. The second-order valence-electron chi connectivity index (χ2n) is 6.21. The maximum Gasteiger partial charge on any atom is 0.306 e. The van der Waals surface area contributed by atoms with Crippen molar-refractivity contribution in [2.24, 2.45) is 0 Å². The lowest BCUT2D eigenvalue weighted by molar-refractivity contribution is -0.143. The van der Waals surface area contributed by atoms with Crippen molar-refractivity contribution in [2.45, 2.75) is 58.6 Å². The number of esters is 1. The molecule has 0 heterocycles. The van der Waals surface area contributed by atoms with E-state index in [9.17, 15) is 9.90 Å². The molecule has 5 nitrogen and oxygen atoms in total. The highest BCUT2D eigenvalue weighted by atomic mass is 16.5. The van der Waals surface area contributed by atoms with Crippen LogP contribution in [0.1, 0.15) is 45.6 Å². The van der Waals surface area contributed by atoms with Gasteiger partial charge in [-0.1, -0.05) is 45.4 Å². The Kier molecular flexibility index (Phi) is 10.1. The molecule has 0 saturated carbocycles. The third kappa shape index (κ3) is 8.89. The maximum absolute atomic E-state index is 11.7. The minimum Gasteiger partial charge on any atom is -0.491 e. The number of rotatable bonds is 12. The van der Waals surface area contributed by atoms with Crippen LogP contribution < -0.4 is 10.1 Å². The van der Waals surface area contributed by atoms with Gasteiger partial charge >= 0.3 is 5.97 Å². The first-order valence-electron chi connectivity index (χ1n) is 8.80. The molecule has 0 radical (unpaired) electrons. The highest BCUT2D eigenvalue weighted by Gasteiger charge is 2.10. The molecule has 5 heteroatoms. The van der Waals surface area contributed by atoms with Gasteiger partial charge in [-0.2, -0.15) is 0 Å². The Morgan fingerprint density at radius 1 is 1.29 bits per heavy atom. The molecule has 0 bridgehead atoms. The van der Waals surface area contributed by atoms with Crippen LogP contribution in [0.2, 0.25) is 0 Å². The first kappa shape index (κ1) is 20.5. The summed E-state index contributed by atoms with van der Waals surface area (Å²) in [5.41, 5.74) is 0.953. The normalized spacial score (nSPS) is 12.2. The molecule has 0 saturated heterocycles. The van der Waals surface area contributed by atoms with Crippen LogP contribution in [0.15, 0.2) is 24.3 Å². The van der Waals surface area contributed by atoms with Crippen molar-refractivity contribution in [1.29, 1.82) is 0 Å². The molecule has 0 aromatic heterocycles. The molecule has 24 heavy (non-hydrogen) atoms. The van der Waals surface area contributed by atoms with Gasteiger partial charge in [0.05, 0.1) is 6.61 Å². The first-order valence-corrected chi connectivity index (χ1v) is 8.80. The Morgan fingerprint density at radius 2 is 2.04 bits per heavy atom. The number of carbonyl (C=O) groups excluding carboxylic acids is 1. The van der Waals surface area contributed by atoms with Gasteiger partial charge < -0.3 is 19.9 Å². The summed E-state index contributed by atoms with van der Waals surface area (Å²) in [4.78, 5) is 11.7. The number of benzene rings is 1. The molecule has 1 atom stereocenters. The molecule has 1 aromatic carbocycles. The van der Waals surface area contributed by atoms with Gasteiger partial charge in [0.15, 0.2) is 0 Å². The van der Waals surface area contributed by atoms with Crippen LogP contribution in [0, 0.1) is 0 Å². The zero-order chi connectivity index (χ0) is 17.8. The summed E-state index contributed by atoms with van der Waals surface area (Å²) in [6, 6.07) is 7.93. The number of hydrogen-bond acceptors (Lipinski definition) is 5. The van der Waals surface area contributed by atoms with Crippen LogP contribution in [0.4, 0.5) is 0 Å². The van der Waals surface area contributed by atoms with Crippen LogP contribution in [0.5, 0.6) is 5.75 Å². The fourth-order valence-corrected chi connectivity index (χ4v) is 2.11. The minimum absolute atomic E-state index is 0.181. The van der Waals surface area contributed by atoms with Crippen molar-refractivity contribution in [1.82, 2.24) is 5.32 Å².